The van der Waals surface area contributed by atoms with Gasteiger partial charge >= 0.3 is 0 Å². The Kier molecular flexibility index (Phi) is 3.98. The van der Waals surface area contributed by atoms with Gasteiger partial charge in [0, 0.05) is 36.8 Å². The van der Waals surface area contributed by atoms with Gasteiger partial charge < -0.3 is 14.6 Å². The first-order chi connectivity index (χ1) is 12.7. The van der Waals surface area contributed by atoms with Crippen molar-refractivity contribution in [2.45, 2.75) is 51.1 Å². The van der Waals surface area contributed by atoms with Crippen molar-refractivity contribution in [3.63, 3.8) is 0 Å². The molecule has 5 nitrogen and oxygen atoms in total. The van der Waals surface area contributed by atoms with E-state index >= 15 is 0 Å². The van der Waals surface area contributed by atoms with Crippen molar-refractivity contribution in [3.8, 4) is 10.6 Å². The highest BCUT2D eigenvalue weighted by Gasteiger charge is 2.32. The number of rotatable bonds is 3. The number of hydrogen-bond acceptors (Lipinski definition) is 6. The third-order valence-electron chi connectivity index (χ3n) is 5.56. The predicted molar refractivity (Wildman–Crippen MR) is 106 cm³/mol. The molecule has 2 atom stereocenters. The second-order valence-corrected chi connectivity index (χ2v) is 8.70. The molecule has 6 heteroatoms. The lowest BCUT2D eigenvalue weighted by molar-refractivity contribution is 0.276. The summed E-state index contributed by atoms with van der Waals surface area (Å²) in [5.74, 6) is 0.441. The molecule has 0 saturated carbocycles. The van der Waals surface area contributed by atoms with E-state index in [1.165, 1.54) is 24.8 Å². The van der Waals surface area contributed by atoms with Crippen LogP contribution in [0.1, 0.15) is 44.6 Å². The average molecular weight is 369 g/mol. The van der Waals surface area contributed by atoms with Gasteiger partial charge in [0.05, 0.1) is 5.56 Å². The smallest absolute Gasteiger partial charge is 0.298 e. The van der Waals surface area contributed by atoms with Crippen LogP contribution in [-0.4, -0.2) is 35.1 Å². The number of nitrogens with zero attached hydrogens (tertiary/aromatic N) is 3. The molecule has 2 aromatic heterocycles. The Morgan fingerprint density at radius 2 is 2.04 bits per heavy atom. The Balaban J connectivity index is 1.59. The van der Waals surface area contributed by atoms with E-state index in [9.17, 15) is 0 Å². The number of aromatic nitrogens is 2. The molecule has 1 aromatic carbocycles. The summed E-state index contributed by atoms with van der Waals surface area (Å²) in [5.41, 5.74) is 4.15. The maximum Gasteiger partial charge on any atom is 0.298 e. The average Bonchev–Trinajstić information content (AvgIpc) is 3.30. The van der Waals surface area contributed by atoms with Gasteiger partial charge in [-0.3, -0.25) is 0 Å². The van der Waals surface area contributed by atoms with Crippen LogP contribution >= 0.6 is 11.3 Å². The Morgan fingerprint density at radius 1 is 1.23 bits per heavy atom. The minimum absolute atomic E-state index is 0.441. The molecule has 2 saturated heterocycles. The van der Waals surface area contributed by atoms with Gasteiger partial charge in [-0.15, -0.1) is 11.3 Å². The van der Waals surface area contributed by atoms with Crippen LogP contribution in [0.15, 0.2) is 28.1 Å². The maximum atomic E-state index is 6.32. The van der Waals surface area contributed by atoms with Gasteiger partial charge in [0.15, 0.2) is 5.58 Å². The van der Waals surface area contributed by atoms with Gasteiger partial charge in [-0.2, -0.15) is 4.98 Å². The van der Waals surface area contributed by atoms with Gasteiger partial charge in [-0.1, -0.05) is 20.3 Å². The van der Waals surface area contributed by atoms with E-state index in [2.05, 4.69) is 41.2 Å². The van der Waals surface area contributed by atoms with Crippen molar-refractivity contribution < 1.29 is 4.42 Å². The lowest BCUT2D eigenvalue weighted by atomic mass is 9.94. The fourth-order valence-electron chi connectivity index (χ4n) is 4.19. The number of anilines is 1. The van der Waals surface area contributed by atoms with Crippen molar-refractivity contribution in [1.29, 1.82) is 0 Å². The van der Waals surface area contributed by atoms with Crippen molar-refractivity contribution in [3.05, 3.63) is 29.3 Å². The monoisotopic (exact) mass is 368 g/mol. The SMILES string of the molecule is CC(C)c1cc(-c2nccs2)c2oc(N3CC4CCCC(C3)N4)nc2c1. The van der Waals surface area contributed by atoms with E-state index in [0.717, 1.165) is 40.8 Å². The van der Waals surface area contributed by atoms with E-state index in [0.29, 0.717) is 18.0 Å². The number of piperidine rings is 1. The molecule has 136 valence electrons. The molecule has 3 aromatic rings. The summed E-state index contributed by atoms with van der Waals surface area (Å²) in [6.07, 6.45) is 5.67. The summed E-state index contributed by atoms with van der Waals surface area (Å²) in [4.78, 5) is 11.7. The van der Waals surface area contributed by atoms with E-state index in [1.54, 1.807) is 11.3 Å². The zero-order chi connectivity index (χ0) is 17.7. The highest BCUT2D eigenvalue weighted by atomic mass is 32.1. The first-order valence-electron chi connectivity index (χ1n) is 9.52. The normalized spacial score (nSPS) is 23.1. The zero-order valence-electron chi connectivity index (χ0n) is 15.2. The summed E-state index contributed by atoms with van der Waals surface area (Å²) < 4.78 is 6.32. The third-order valence-corrected chi connectivity index (χ3v) is 6.37. The van der Waals surface area contributed by atoms with Crippen molar-refractivity contribution in [1.82, 2.24) is 15.3 Å². The molecule has 0 radical (unpaired) electrons. The van der Waals surface area contributed by atoms with Crippen LogP contribution in [0.2, 0.25) is 0 Å². The van der Waals surface area contributed by atoms with E-state index in [4.69, 9.17) is 9.40 Å². The van der Waals surface area contributed by atoms with Gasteiger partial charge in [0.25, 0.3) is 6.01 Å². The van der Waals surface area contributed by atoms with Gasteiger partial charge in [0.1, 0.15) is 10.5 Å². The molecule has 5 rings (SSSR count). The molecule has 2 aliphatic heterocycles. The zero-order valence-corrected chi connectivity index (χ0v) is 16.1. The lowest BCUT2D eigenvalue weighted by Gasteiger charge is -2.41. The number of fused-ring (bicyclic) bond motifs is 3. The maximum absolute atomic E-state index is 6.32. The predicted octanol–water partition coefficient (Wildman–Crippen LogP) is 4.41. The molecule has 2 aliphatic rings. The van der Waals surface area contributed by atoms with E-state index < -0.39 is 0 Å². The molecular weight excluding hydrogens is 344 g/mol. The molecule has 2 unspecified atom stereocenters. The van der Waals surface area contributed by atoms with Crippen molar-refractivity contribution in [2.75, 3.05) is 18.0 Å². The molecule has 2 bridgehead atoms. The number of thiazole rings is 1. The molecule has 26 heavy (non-hydrogen) atoms. The highest BCUT2D eigenvalue weighted by Crippen LogP contribution is 2.36. The van der Waals surface area contributed by atoms with Gasteiger partial charge in [0.2, 0.25) is 0 Å². The van der Waals surface area contributed by atoms with Crippen LogP contribution in [0.25, 0.3) is 21.7 Å². The summed E-state index contributed by atoms with van der Waals surface area (Å²) in [7, 11) is 0. The van der Waals surface area contributed by atoms with Crippen LogP contribution in [0.3, 0.4) is 0 Å². The summed E-state index contributed by atoms with van der Waals surface area (Å²) in [5, 5.41) is 6.73. The van der Waals surface area contributed by atoms with Crippen LogP contribution in [0.4, 0.5) is 6.01 Å². The Bertz CT molecular complexity index is 905. The first kappa shape index (κ1) is 16.3. The molecular formula is C20H24N4OS. The number of benzene rings is 1. The largest absolute Gasteiger partial charge is 0.423 e. The molecule has 4 heterocycles. The summed E-state index contributed by atoms with van der Waals surface area (Å²) >= 11 is 1.65. The second kappa shape index (κ2) is 6.35. The number of oxazole rings is 1. The fourth-order valence-corrected chi connectivity index (χ4v) is 4.84. The lowest BCUT2D eigenvalue weighted by Crippen LogP contribution is -2.58. The number of nitrogens with one attached hydrogen (secondary N) is 1. The van der Waals surface area contributed by atoms with Crippen LogP contribution in [0.5, 0.6) is 0 Å². The Hall–Kier alpha value is -1.92. The Labute approximate surface area is 157 Å². The van der Waals surface area contributed by atoms with Crippen molar-refractivity contribution >= 4 is 28.5 Å². The van der Waals surface area contributed by atoms with Crippen LogP contribution in [0, 0.1) is 0 Å². The standard InChI is InChI=1S/C20H24N4OS/c1-12(2)13-8-16(19-21-6-7-26-19)18-17(9-13)23-20(25-18)24-10-14-4-3-5-15(11-24)22-14/h6-9,12,14-15,22H,3-5,10-11H2,1-2H3. The van der Waals surface area contributed by atoms with Crippen molar-refractivity contribution in [2.24, 2.45) is 0 Å². The number of hydrogen-bond donors (Lipinski definition) is 1. The summed E-state index contributed by atoms with van der Waals surface area (Å²) in [6, 6.07) is 6.27. The molecule has 1 N–H and O–H groups in total. The minimum Gasteiger partial charge on any atom is -0.423 e. The second-order valence-electron chi connectivity index (χ2n) is 7.80. The first-order valence-corrected chi connectivity index (χ1v) is 10.4. The topological polar surface area (TPSA) is 54.2 Å². The number of piperazine rings is 1. The quantitative estimate of drug-likeness (QED) is 0.742. The van der Waals surface area contributed by atoms with Gasteiger partial charge in [-0.25, -0.2) is 4.98 Å². The van der Waals surface area contributed by atoms with Crippen LogP contribution in [-0.2, 0) is 0 Å². The summed E-state index contributed by atoms with van der Waals surface area (Å²) in [6.45, 7) is 6.39. The fraction of sp³-hybridized carbons (Fsp3) is 0.500. The Morgan fingerprint density at radius 3 is 2.73 bits per heavy atom. The van der Waals surface area contributed by atoms with E-state index in [1.807, 2.05) is 11.6 Å². The van der Waals surface area contributed by atoms with E-state index in [-0.39, 0.29) is 0 Å². The molecule has 0 aliphatic carbocycles. The molecule has 2 fully saturated rings. The highest BCUT2D eigenvalue weighted by molar-refractivity contribution is 7.13. The minimum atomic E-state index is 0.441. The molecule has 0 spiro atoms. The third kappa shape index (κ3) is 2.81. The van der Waals surface area contributed by atoms with Gasteiger partial charge in [-0.05, 0) is 36.5 Å². The van der Waals surface area contributed by atoms with Crippen LogP contribution < -0.4 is 10.2 Å². The molecule has 0 amide bonds.